The molecular weight excluding hydrogens is 240 g/mol. The van der Waals surface area contributed by atoms with Gasteiger partial charge in [0, 0.05) is 30.2 Å². The number of rotatable bonds is 5. The number of aromatic amines is 1. The van der Waals surface area contributed by atoms with Crippen LogP contribution in [0.15, 0.2) is 22.3 Å². The van der Waals surface area contributed by atoms with Crippen molar-refractivity contribution in [2.75, 3.05) is 7.11 Å². The lowest BCUT2D eigenvalue weighted by atomic mass is 10.3. The van der Waals surface area contributed by atoms with Crippen molar-refractivity contribution in [1.29, 1.82) is 0 Å². The first-order chi connectivity index (χ1) is 8.28. The molecule has 0 fully saturated rings. The van der Waals surface area contributed by atoms with Crippen molar-refractivity contribution in [1.82, 2.24) is 20.5 Å². The molecule has 2 rings (SSSR count). The fraction of sp³-hybridized carbons (Fsp3) is 0.300. The van der Waals surface area contributed by atoms with Crippen LogP contribution in [0, 0.1) is 0 Å². The molecule has 0 radical (unpaired) electrons. The molecule has 2 heterocycles. The normalized spacial score (nSPS) is 10.4. The highest BCUT2D eigenvalue weighted by Gasteiger charge is 1.99. The van der Waals surface area contributed by atoms with Crippen LogP contribution in [0.2, 0.25) is 0 Å². The van der Waals surface area contributed by atoms with E-state index in [9.17, 15) is 4.79 Å². The number of hydrogen-bond acceptors (Lipinski definition) is 6. The van der Waals surface area contributed by atoms with Crippen molar-refractivity contribution in [2.45, 2.75) is 13.1 Å². The summed E-state index contributed by atoms with van der Waals surface area (Å²) >= 11 is 1.16. The number of nitrogens with one attached hydrogen (secondary N) is 2. The third kappa shape index (κ3) is 3.36. The highest BCUT2D eigenvalue weighted by Crippen LogP contribution is 2.03. The first kappa shape index (κ1) is 11.7. The Labute approximate surface area is 102 Å². The summed E-state index contributed by atoms with van der Waals surface area (Å²) in [6.07, 6.45) is 0. The number of methoxy groups -OCH3 is 1. The molecule has 0 aliphatic rings. The van der Waals surface area contributed by atoms with Crippen LogP contribution < -0.4 is 14.9 Å². The van der Waals surface area contributed by atoms with Gasteiger partial charge >= 0.3 is 4.87 Å². The van der Waals surface area contributed by atoms with Gasteiger partial charge in [-0.2, -0.15) is 5.10 Å². The van der Waals surface area contributed by atoms with E-state index in [0.717, 1.165) is 22.7 Å². The van der Waals surface area contributed by atoms with Crippen molar-refractivity contribution < 1.29 is 4.74 Å². The van der Waals surface area contributed by atoms with Gasteiger partial charge in [-0.15, -0.1) is 5.10 Å². The Morgan fingerprint density at radius 2 is 2.29 bits per heavy atom. The molecule has 17 heavy (non-hydrogen) atoms. The summed E-state index contributed by atoms with van der Waals surface area (Å²) in [5.41, 5.74) is 1.70. The van der Waals surface area contributed by atoms with E-state index in [0.29, 0.717) is 19.0 Å². The summed E-state index contributed by atoms with van der Waals surface area (Å²) in [5, 5.41) is 12.8. The maximum atomic E-state index is 10.9. The second-order valence-corrected chi connectivity index (χ2v) is 4.19. The third-order valence-electron chi connectivity index (χ3n) is 2.10. The maximum Gasteiger partial charge on any atom is 0.304 e. The van der Waals surface area contributed by atoms with Gasteiger partial charge in [0.15, 0.2) is 0 Å². The largest absolute Gasteiger partial charge is 0.480 e. The highest BCUT2D eigenvalue weighted by atomic mass is 32.1. The van der Waals surface area contributed by atoms with Crippen molar-refractivity contribution >= 4 is 11.3 Å². The molecule has 0 spiro atoms. The molecule has 7 heteroatoms. The highest BCUT2D eigenvalue weighted by molar-refractivity contribution is 7.07. The van der Waals surface area contributed by atoms with Crippen LogP contribution in [0.3, 0.4) is 0 Å². The zero-order valence-corrected chi connectivity index (χ0v) is 10.1. The quantitative estimate of drug-likeness (QED) is 0.811. The second kappa shape index (κ2) is 5.55. The zero-order chi connectivity index (χ0) is 12.1. The molecule has 0 atom stereocenters. The van der Waals surface area contributed by atoms with Crippen molar-refractivity contribution in [3.05, 3.63) is 38.6 Å². The van der Waals surface area contributed by atoms with Gasteiger partial charge in [-0.1, -0.05) is 11.3 Å². The number of ether oxygens (including phenoxy) is 1. The standard InChI is InChI=1S/C10H12N4O2S/c1-16-9-3-2-7(13-14-9)4-11-5-8-6-17-10(15)12-8/h2-3,6,11H,4-5H2,1H3,(H,12,15). The molecule has 90 valence electrons. The molecule has 2 aromatic heterocycles. The summed E-state index contributed by atoms with van der Waals surface area (Å²) < 4.78 is 4.91. The van der Waals surface area contributed by atoms with Crippen LogP contribution in [0.4, 0.5) is 0 Å². The summed E-state index contributed by atoms with van der Waals surface area (Å²) in [6, 6.07) is 3.60. The average Bonchev–Trinajstić information content (AvgIpc) is 2.76. The van der Waals surface area contributed by atoms with Crippen molar-refractivity contribution in [3.8, 4) is 5.88 Å². The molecule has 0 saturated heterocycles. The van der Waals surface area contributed by atoms with Crippen molar-refractivity contribution in [2.24, 2.45) is 0 Å². The molecule has 0 aliphatic carbocycles. The van der Waals surface area contributed by atoms with Crippen LogP contribution >= 0.6 is 11.3 Å². The molecule has 0 unspecified atom stereocenters. The smallest absolute Gasteiger partial charge is 0.304 e. The topological polar surface area (TPSA) is 79.9 Å². The minimum Gasteiger partial charge on any atom is -0.480 e. The van der Waals surface area contributed by atoms with Gasteiger partial charge in [-0.25, -0.2) is 0 Å². The van der Waals surface area contributed by atoms with Crippen molar-refractivity contribution in [3.63, 3.8) is 0 Å². The SMILES string of the molecule is COc1ccc(CNCc2csc(=O)[nH]2)nn1. The van der Waals surface area contributed by atoms with Gasteiger partial charge in [-0.05, 0) is 6.07 Å². The third-order valence-corrected chi connectivity index (χ3v) is 2.82. The Morgan fingerprint density at radius 3 is 2.88 bits per heavy atom. The summed E-state index contributed by atoms with van der Waals surface area (Å²) in [6.45, 7) is 1.20. The number of thiazole rings is 1. The fourth-order valence-electron chi connectivity index (χ4n) is 1.28. The van der Waals surface area contributed by atoms with E-state index in [-0.39, 0.29) is 4.87 Å². The maximum absolute atomic E-state index is 10.9. The van der Waals surface area contributed by atoms with Gasteiger partial charge in [0.25, 0.3) is 0 Å². The Kier molecular flexibility index (Phi) is 3.84. The van der Waals surface area contributed by atoms with Crippen LogP contribution in [0.5, 0.6) is 5.88 Å². The van der Waals surface area contributed by atoms with E-state index < -0.39 is 0 Å². The molecule has 2 aromatic rings. The van der Waals surface area contributed by atoms with Gasteiger partial charge in [0.05, 0.1) is 12.8 Å². The van der Waals surface area contributed by atoms with Crippen LogP contribution in [0.1, 0.15) is 11.4 Å². The zero-order valence-electron chi connectivity index (χ0n) is 9.27. The van der Waals surface area contributed by atoms with E-state index in [1.54, 1.807) is 18.6 Å². The monoisotopic (exact) mass is 252 g/mol. The molecule has 0 saturated carbocycles. The van der Waals surface area contributed by atoms with Crippen LogP contribution in [-0.4, -0.2) is 22.3 Å². The first-order valence-corrected chi connectivity index (χ1v) is 5.90. The Bertz CT molecular complexity index is 520. The van der Waals surface area contributed by atoms with E-state index in [1.165, 1.54) is 0 Å². The van der Waals surface area contributed by atoms with Crippen LogP contribution in [-0.2, 0) is 13.1 Å². The summed E-state index contributed by atoms with van der Waals surface area (Å²) in [5.74, 6) is 0.496. The molecule has 0 aliphatic heterocycles. The minimum absolute atomic E-state index is 0.0361. The molecule has 2 N–H and O–H groups in total. The Morgan fingerprint density at radius 1 is 1.41 bits per heavy atom. The molecule has 0 bridgehead atoms. The first-order valence-electron chi connectivity index (χ1n) is 5.02. The molecule has 0 aromatic carbocycles. The lowest BCUT2D eigenvalue weighted by Gasteiger charge is -2.02. The predicted molar refractivity (Wildman–Crippen MR) is 64.1 cm³/mol. The predicted octanol–water partition coefficient (Wildman–Crippen LogP) is 0.525. The number of aromatic nitrogens is 3. The van der Waals surface area contributed by atoms with Gasteiger partial charge in [0.2, 0.25) is 5.88 Å². The fourth-order valence-corrected chi connectivity index (χ4v) is 1.86. The number of hydrogen-bond donors (Lipinski definition) is 2. The summed E-state index contributed by atoms with van der Waals surface area (Å²) in [7, 11) is 1.55. The molecular formula is C10H12N4O2S. The lowest BCUT2D eigenvalue weighted by Crippen LogP contribution is -2.15. The Hall–Kier alpha value is -1.73. The average molecular weight is 252 g/mol. The second-order valence-electron chi connectivity index (χ2n) is 3.34. The van der Waals surface area contributed by atoms with Gasteiger partial charge in [-0.3, -0.25) is 4.79 Å². The van der Waals surface area contributed by atoms with Gasteiger partial charge < -0.3 is 15.0 Å². The summed E-state index contributed by atoms with van der Waals surface area (Å²) in [4.78, 5) is 13.6. The lowest BCUT2D eigenvalue weighted by molar-refractivity contribution is 0.390. The minimum atomic E-state index is -0.0361. The van der Waals surface area contributed by atoms with E-state index in [2.05, 4.69) is 20.5 Å². The van der Waals surface area contributed by atoms with Gasteiger partial charge in [0.1, 0.15) is 0 Å². The number of H-pyrrole nitrogens is 1. The number of nitrogens with zero attached hydrogens (tertiary/aromatic N) is 2. The molecule has 0 amide bonds. The van der Waals surface area contributed by atoms with E-state index >= 15 is 0 Å². The van der Waals surface area contributed by atoms with E-state index in [1.807, 2.05) is 6.07 Å². The van der Waals surface area contributed by atoms with Crippen LogP contribution in [0.25, 0.3) is 0 Å². The van der Waals surface area contributed by atoms with E-state index in [4.69, 9.17) is 4.74 Å². The Balaban J connectivity index is 1.83. The molecule has 6 nitrogen and oxygen atoms in total.